The lowest BCUT2D eigenvalue weighted by Gasteiger charge is -2.16. The topological polar surface area (TPSA) is 0 Å². The van der Waals surface area contributed by atoms with Crippen LogP contribution in [-0.2, 0) is 0 Å². The molecule has 0 aromatic heterocycles. The summed E-state index contributed by atoms with van der Waals surface area (Å²) in [5.74, 6) is -0.0125. The van der Waals surface area contributed by atoms with Gasteiger partial charge in [-0.2, -0.15) is 0 Å². The van der Waals surface area contributed by atoms with Crippen LogP contribution in [0.2, 0.25) is 5.02 Å². The Balaban J connectivity index is 2.71. The summed E-state index contributed by atoms with van der Waals surface area (Å²) in [5, 5.41) is 0.676. The molecule has 0 aliphatic carbocycles. The van der Waals surface area contributed by atoms with Crippen molar-refractivity contribution >= 4 is 11.6 Å². The van der Waals surface area contributed by atoms with Gasteiger partial charge in [-0.05, 0) is 53.3 Å². The van der Waals surface area contributed by atoms with E-state index in [9.17, 15) is 4.39 Å². The molecule has 0 fully saturated rings. The molecule has 0 radical (unpaired) electrons. The minimum absolute atomic E-state index is 0.139. The van der Waals surface area contributed by atoms with Crippen molar-refractivity contribution in [3.63, 3.8) is 0 Å². The third kappa shape index (κ3) is 2.41. The summed E-state index contributed by atoms with van der Waals surface area (Å²) in [6, 6.07) is 10.9. The fourth-order valence-electron chi connectivity index (χ4n) is 2.24. The van der Waals surface area contributed by atoms with Crippen molar-refractivity contribution in [1.29, 1.82) is 0 Å². The standard InChI is InChI=1S/C16H16ClF/c1-10(2)16-13(5-4-6-15(16)18)14-9-12(17)8-7-11(14)3/h4-10H,1-3H3. The van der Waals surface area contributed by atoms with E-state index in [1.54, 1.807) is 6.07 Å². The van der Waals surface area contributed by atoms with E-state index >= 15 is 0 Å². The zero-order valence-corrected chi connectivity index (χ0v) is 11.6. The molecular weight excluding hydrogens is 247 g/mol. The summed E-state index contributed by atoms with van der Waals surface area (Å²) in [5.41, 5.74) is 3.80. The van der Waals surface area contributed by atoms with Crippen LogP contribution in [0, 0.1) is 12.7 Å². The Labute approximate surface area is 112 Å². The zero-order chi connectivity index (χ0) is 13.3. The van der Waals surface area contributed by atoms with Crippen molar-refractivity contribution in [2.75, 3.05) is 0 Å². The zero-order valence-electron chi connectivity index (χ0n) is 10.8. The summed E-state index contributed by atoms with van der Waals surface area (Å²) in [7, 11) is 0. The van der Waals surface area contributed by atoms with Gasteiger partial charge in [-0.1, -0.05) is 43.6 Å². The molecule has 2 heteroatoms. The van der Waals surface area contributed by atoms with Crippen molar-refractivity contribution in [2.45, 2.75) is 26.7 Å². The van der Waals surface area contributed by atoms with Gasteiger partial charge in [-0.3, -0.25) is 0 Å². The van der Waals surface area contributed by atoms with Crippen LogP contribution < -0.4 is 0 Å². The van der Waals surface area contributed by atoms with E-state index < -0.39 is 0 Å². The van der Waals surface area contributed by atoms with Crippen molar-refractivity contribution in [1.82, 2.24) is 0 Å². The summed E-state index contributed by atoms with van der Waals surface area (Å²) < 4.78 is 14.0. The van der Waals surface area contributed by atoms with E-state index in [1.807, 2.05) is 45.0 Å². The van der Waals surface area contributed by atoms with Crippen LogP contribution in [0.1, 0.15) is 30.9 Å². The van der Waals surface area contributed by atoms with Gasteiger partial charge >= 0.3 is 0 Å². The molecule has 0 unspecified atom stereocenters. The summed E-state index contributed by atoms with van der Waals surface area (Å²) in [4.78, 5) is 0. The van der Waals surface area contributed by atoms with Crippen molar-refractivity contribution in [3.05, 3.63) is 58.4 Å². The molecule has 0 spiro atoms. The van der Waals surface area contributed by atoms with Gasteiger partial charge in [0.15, 0.2) is 0 Å². The molecule has 0 N–H and O–H groups in total. The Morgan fingerprint density at radius 3 is 2.44 bits per heavy atom. The number of benzene rings is 2. The van der Waals surface area contributed by atoms with Gasteiger partial charge in [-0.15, -0.1) is 0 Å². The average molecular weight is 263 g/mol. The van der Waals surface area contributed by atoms with E-state index in [2.05, 4.69) is 0 Å². The SMILES string of the molecule is Cc1ccc(Cl)cc1-c1cccc(F)c1C(C)C. The number of hydrogen-bond acceptors (Lipinski definition) is 0. The molecule has 0 saturated carbocycles. The number of rotatable bonds is 2. The molecule has 94 valence electrons. The molecule has 0 heterocycles. The minimum Gasteiger partial charge on any atom is -0.207 e. The second-order valence-corrected chi connectivity index (χ2v) is 5.25. The highest BCUT2D eigenvalue weighted by Crippen LogP contribution is 2.34. The molecule has 0 atom stereocenters. The Morgan fingerprint density at radius 2 is 1.78 bits per heavy atom. The summed E-state index contributed by atoms with van der Waals surface area (Å²) >= 11 is 6.04. The van der Waals surface area contributed by atoms with Crippen molar-refractivity contribution < 1.29 is 4.39 Å². The monoisotopic (exact) mass is 262 g/mol. The maximum absolute atomic E-state index is 14.0. The molecule has 2 aromatic rings. The Hall–Kier alpha value is -1.34. The number of halogens is 2. The van der Waals surface area contributed by atoms with E-state index in [-0.39, 0.29) is 11.7 Å². The van der Waals surface area contributed by atoms with Crippen LogP contribution in [0.15, 0.2) is 36.4 Å². The van der Waals surface area contributed by atoms with Crippen LogP contribution >= 0.6 is 11.6 Å². The fourth-order valence-corrected chi connectivity index (χ4v) is 2.42. The predicted molar refractivity (Wildman–Crippen MR) is 75.7 cm³/mol. The number of aryl methyl sites for hydroxylation is 1. The summed E-state index contributed by atoms with van der Waals surface area (Å²) in [6.07, 6.45) is 0. The largest absolute Gasteiger partial charge is 0.207 e. The lowest BCUT2D eigenvalue weighted by atomic mass is 9.90. The average Bonchev–Trinajstić information content (AvgIpc) is 2.31. The third-order valence-corrected chi connectivity index (χ3v) is 3.36. The second-order valence-electron chi connectivity index (χ2n) is 4.82. The molecule has 2 aromatic carbocycles. The first-order valence-electron chi connectivity index (χ1n) is 6.05. The van der Waals surface area contributed by atoms with Gasteiger partial charge in [0, 0.05) is 5.02 Å². The first-order valence-corrected chi connectivity index (χ1v) is 6.43. The van der Waals surface area contributed by atoms with Gasteiger partial charge < -0.3 is 0 Å². The van der Waals surface area contributed by atoms with Crippen LogP contribution in [0.4, 0.5) is 4.39 Å². The minimum atomic E-state index is -0.151. The van der Waals surface area contributed by atoms with Gasteiger partial charge in [0.1, 0.15) is 5.82 Å². The molecule has 0 aliphatic rings. The Morgan fingerprint density at radius 1 is 1.06 bits per heavy atom. The first-order chi connectivity index (χ1) is 8.50. The molecule has 18 heavy (non-hydrogen) atoms. The van der Waals surface area contributed by atoms with Crippen LogP contribution in [0.5, 0.6) is 0 Å². The molecule has 0 saturated heterocycles. The Bertz CT molecular complexity index is 573. The van der Waals surface area contributed by atoms with Crippen molar-refractivity contribution in [2.24, 2.45) is 0 Å². The lowest BCUT2D eigenvalue weighted by molar-refractivity contribution is 0.599. The third-order valence-electron chi connectivity index (χ3n) is 3.12. The van der Waals surface area contributed by atoms with E-state index in [1.165, 1.54) is 6.07 Å². The quantitative estimate of drug-likeness (QED) is 0.663. The second kappa shape index (κ2) is 5.11. The summed E-state index contributed by atoms with van der Waals surface area (Å²) in [6.45, 7) is 6.02. The van der Waals surface area contributed by atoms with Crippen LogP contribution in [0.3, 0.4) is 0 Å². The Kier molecular flexibility index (Phi) is 3.72. The van der Waals surface area contributed by atoms with Gasteiger partial charge in [0.2, 0.25) is 0 Å². The smallest absolute Gasteiger partial charge is 0.127 e. The van der Waals surface area contributed by atoms with E-state index in [0.717, 1.165) is 22.3 Å². The van der Waals surface area contributed by atoms with Crippen molar-refractivity contribution in [3.8, 4) is 11.1 Å². The lowest BCUT2D eigenvalue weighted by Crippen LogP contribution is -1.98. The molecule has 0 nitrogen and oxygen atoms in total. The van der Waals surface area contributed by atoms with Gasteiger partial charge in [0.25, 0.3) is 0 Å². The molecular formula is C16H16ClF. The van der Waals surface area contributed by atoms with Gasteiger partial charge in [0.05, 0.1) is 0 Å². The molecule has 0 bridgehead atoms. The normalized spacial score (nSPS) is 11.0. The van der Waals surface area contributed by atoms with E-state index in [0.29, 0.717) is 5.02 Å². The van der Waals surface area contributed by atoms with Crippen LogP contribution in [0.25, 0.3) is 11.1 Å². The maximum atomic E-state index is 14.0. The van der Waals surface area contributed by atoms with Gasteiger partial charge in [-0.25, -0.2) is 4.39 Å². The maximum Gasteiger partial charge on any atom is 0.127 e. The molecule has 0 aliphatic heterocycles. The molecule has 2 rings (SSSR count). The van der Waals surface area contributed by atoms with Crippen LogP contribution in [-0.4, -0.2) is 0 Å². The fraction of sp³-hybridized carbons (Fsp3) is 0.250. The first kappa shape index (κ1) is 13.1. The number of hydrogen-bond donors (Lipinski definition) is 0. The molecule has 0 amide bonds. The van der Waals surface area contributed by atoms with E-state index in [4.69, 9.17) is 11.6 Å². The predicted octanol–water partition coefficient (Wildman–Crippen LogP) is 5.58. The highest BCUT2D eigenvalue weighted by atomic mass is 35.5. The highest BCUT2D eigenvalue weighted by Gasteiger charge is 2.14. The highest BCUT2D eigenvalue weighted by molar-refractivity contribution is 6.30.